The number of aliphatic hydroxyl groups excluding tert-OH is 1. The van der Waals surface area contributed by atoms with Crippen molar-refractivity contribution in [1.82, 2.24) is 5.32 Å². The van der Waals surface area contributed by atoms with Crippen LogP contribution in [0.4, 0.5) is 0 Å². The number of rotatable bonds is 6. The Bertz CT molecular complexity index is 262. The molecular weight excluding hydrogens is 198 g/mol. The Balaban J connectivity index is 2.28. The summed E-state index contributed by atoms with van der Waals surface area (Å²) in [6.45, 7) is 4.06. The van der Waals surface area contributed by atoms with Gasteiger partial charge < -0.3 is 15.2 Å². The first-order chi connectivity index (χ1) is 6.75. The fourth-order valence-corrected chi connectivity index (χ4v) is 2.02. The van der Waals surface area contributed by atoms with Gasteiger partial charge in [0.15, 0.2) is 0 Å². The number of hydrogen-bond acceptors (Lipinski definition) is 4. The molecule has 2 N–H and O–H groups in total. The zero-order valence-corrected chi connectivity index (χ0v) is 9.43. The van der Waals surface area contributed by atoms with Crippen molar-refractivity contribution < 1.29 is 9.84 Å². The van der Waals surface area contributed by atoms with E-state index in [1.54, 1.807) is 18.4 Å². The number of methoxy groups -OCH3 is 1. The molecule has 0 amide bonds. The number of ether oxygens (including phenoxy) is 1. The lowest BCUT2D eigenvalue weighted by molar-refractivity contribution is 0.161. The monoisotopic (exact) mass is 215 g/mol. The number of thiophene rings is 1. The van der Waals surface area contributed by atoms with Crippen molar-refractivity contribution >= 4 is 11.3 Å². The molecule has 0 saturated carbocycles. The van der Waals surface area contributed by atoms with Crippen molar-refractivity contribution in [3.63, 3.8) is 0 Å². The fourth-order valence-electron chi connectivity index (χ4n) is 1.26. The molecule has 0 aliphatic rings. The Morgan fingerprint density at radius 3 is 3.00 bits per heavy atom. The fraction of sp³-hybridized carbons (Fsp3) is 0.600. The van der Waals surface area contributed by atoms with Crippen molar-refractivity contribution in [3.05, 3.63) is 21.9 Å². The quantitative estimate of drug-likeness (QED) is 0.703. The molecule has 1 aromatic heterocycles. The van der Waals surface area contributed by atoms with E-state index in [1.165, 1.54) is 4.88 Å². The van der Waals surface area contributed by atoms with Gasteiger partial charge in [-0.3, -0.25) is 0 Å². The van der Waals surface area contributed by atoms with Crippen molar-refractivity contribution in [1.29, 1.82) is 0 Å². The van der Waals surface area contributed by atoms with Gasteiger partial charge in [0, 0.05) is 25.1 Å². The second-order valence-electron chi connectivity index (χ2n) is 3.14. The predicted octanol–water partition coefficient (Wildman–Crippen LogP) is 1.33. The summed E-state index contributed by atoms with van der Waals surface area (Å²) in [5.41, 5.74) is 1.03. The van der Waals surface area contributed by atoms with Crippen molar-refractivity contribution in [2.24, 2.45) is 0 Å². The van der Waals surface area contributed by atoms with Crippen LogP contribution in [-0.4, -0.2) is 31.9 Å². The van der Waals surface area contributed by atoms with Crippen molar-refractivity contribution in [2.45, 2.75) is 13.0 Å². The third kappa shape index (κ3) is 3.38. The summed E-state index contributed by atoms with van der Waals surface area (Å²) in [4.78, 5) is 1.19. The smallest absolute Gasteiger partial charge is 0.0924 e. The molecule has 0 aromatic carbocycles. The van der Waals surface area contributed by atoms with Crippen LogP contribution >= 0.6 is 11.3 Å². The van der Waals surface area contributed by atoms with Gasteiger partial charge in [-0.05, 0) is 23.9 Å². The van der Waals surface area contributed by atoms with Crippen LogP contribution in [0.1, 0.15) is 16.5 Å². The standard InChI is InChI=1S/C10H17NO2S/c1-8-9(3-6-14-8)10(12)7-11-4-5-13-2/h3,6,10-12H,4-5,7H2,1-2H3. The lowest BCUT2D eigenvalue weighted by Crippen LogP contribution is -2.25. The number of nitrogens with one attached hydrogen (secondary N) is 1. The number of aryl methyl sites for hydroxylation is 1. The summed E-state index contributed by atoms with van der Waals surface area (Å²) in [5.74, 6) is 0. The maximum atomic E-state index is 9.79. The second-order valence-corrected chi connectivity index (χ2v) is 4.27. The van der Waals surface area contributed by atoms with E-state index < -0.39 is 6.10 Å². The Kier molecular flexibility index (Phi) is 5.11. The first-order valence-electron chi connectivity index (χ1n) is 4.67. The van der Waals surface area contributed by atoms with E-state index in [1.807, 2.05) is 18.4 Å². The summed E-state index contributed by atoms with van der Waals surface area (Å²) < 4.78 is 4.90. The zero-order valence-electron chi connectivity index (χ0n) is 8.62. The van der Waals surface area contributed by atoms with Crippen LogP contribution in [0.5, 0.6) is 0 Å². The highest BCUT2D eigenvalue weighted by atomic mass is 32.1. The van der Waals surface area contributed by atoms with Gasteiger partial charge in [0.1, 0.15) is 0 Å². The molecule has 4 heteroatoms. The normalized spacial score (nSPS) is 13.1. The third-order valence-corrected chi connectivity index (χ3v) is 2.94. The lowest BCUT2D eigenvalue weighted by atomic mass is 10.1. The van der Waals surface area contributed by atoms with Crippen LogP contribution in [0.25, 0.3) is 0 Å². The SMILES string of the molecule is COCCNCC(O)c1ccsc1C. The largest absolute Gasteiger partial charge is 0.387 e. The highest BCUT2D eigenvalue weighted by molar-refractivity contribution is 7.10. The Hall–Kier alpha value is -0.420. The van der Waals surface area contributed by atoms with E-state index in [-0.39, 0.29) is 0 Å². The van der Waals surface area contributed by atoms with E-state index in [0.29, 0.717) is 13.2 Å². The average Bonchev–Trinajstić information content (AvgIpc) is 2.59. The van der Waals surface area contributed by atoms with Crippen LogP contribution in [0.15, 0.2) is 11.4 Å². The molecule has 0 radical (unpaired) electrons. The van der Waals surface area contributed by atoms with Gasteiger partial charge in [-0.1, -0.05) is 0 Å². The summed E-state index contributed by atoms with van der Waals surface area (Å²) in [5, 5.41) is 14.9. The molecule has 1 atom stereocenters. The summed E-state index contributed by atoms with van der Waals surface area (Å²) in [6, 6.07) is 1.97. The molecule has 1 unspecified atom stereocenters. The molecule has 0 spiro atoms. The van der Waals surface area contributed by atoms with Gasteiger partial charge in [-0.15, -0.1) is 11.3 Å². The molecular formula is C10H17NO2S. The van der Waals surface area contributed by atoms with E-state index in [9.17, 15) is 5.11 Å². The van der Waals surface area contributed by atoms with Crippen LogP contribution in [0, 0.1) is 6.92 Å². The molecule has 0 saturated heterocycles. The third-order valence-electron chi connectivity index (χ3n) is 2.08. The number of hydrogen-bond donors (Lipinski definition) is 2. The Morgan fingerprint density at radius 1 is 1.64 bits per heavy atom. The average molecular weight is 215 g/mol. The van der Waals surface area contributed by atoms with Gasteiger partial charge in [-0.25, -0.2) is 0 Å². The van der Waals surface area contributed by atoms with E-state index >= 15 is 0 Å². The predicted molar refractivity (Wildman–Crippen MR) is 58.8 cm³/mol. The maximum Gasteiger partial charge on any atom is 0.0924 e. The number of aliphatic hydroxyl groups is 1. The first kappa shape index (κ1) is 11.7. The van der Waals surface area contributed by atoms with Crippen molar-refractivity contribution in [2.75, 3.05) is 26.8 Å². The highest BCUT2D eigenvalue weighted by Crippen LogP contribution is 2.21. The lowest BCUT2D eigenvalue weighted by Gasteiger charge is -2.11. The Labute approximate surface area is 88.7 Å². The summed E-state index contributed by atoms with van der Waals surface area (Å²) in [7, 11) is 1.67. The van der Waals surface area contributed by atoms with Crippen molar-refractivity contribution in [3.8, 4) is 0 Å². The molecule has 0 aliphatic heterocycles. The van der Waals surface area contributed by atoms with Crippen LogP contribution < -0.4 is 5.32 Å². The van der Waals surface area contributed by atoms with Crippen LogP contribution in [-0.2, 0) is 4.74 Å². The molecule has 0 fully saturated rings. The molecule has 0 aliphatic carbocycles. The molecule has 0 bridgehead atoms. The van der Waals surface area contributed by atoms with Gasteiger partial charge >= 0.3 is 0 Å². The minimum absolute atomic E-state index is 0.405. The molecule has 14 heavy (non-hydrogen) atoms. The van der Waals surface area contributed by atoms with Gasteiger partial charge in [0.2, 0.25) is 0 Å². The second kappa shape index (κ2) is 6.14. The minimum atomic E-state index is -0.405. The molecule has 1 aromatic rings. The summed E-state index contributed by atoms with van der Waals surface area (Å²) >= 11 is 1.66. The zero-order chi connectivity index (χ0) is 10.4. The van der Waals surface area contributed by atoms with Gasteiger partial charge in [0.25, 0.3) is 0 Å². The van der Waals surface area contributed by atoms with Crippen LogP contribution in [0.2, 0.25) is 0 Å². The van der Waals surface area contributed by atoms with Gasteiger partial charge in [0.05, 0.1) is 12.7 Å². The maximum absolute atomic E-state index is 9.79. The molecule has 1 heterocycles. The van der Waals surface area contributed by atoms with Crippen LogP contribution in [0.3, 0.4) is 0 Å². The Morgan fingerprint density at radius 2 is 2.43 bits per heavy atom. The molecule has 1 rings (SSSR count). The minimum Gasteiger partial charge on any atom is -0.387 e. The van der Waals surface area contributed by atoms with Gasteiger partial charge in [-0.2, -0.15) is 0 Å². The highest BCUT2D eigenvalue weighted by Gasteiger charge is 2.09. The molecule has 80 valence electrons. The topological polar surface area (TPSA) is 41.5 Å². The first-order valence-corrected chi connectivity index (χ1v) is 5.55. The van der Waals surface area contributed by atoms with E-state index in [4.69, 9.17) is 4.74 Å². The van der Waals surface area contributed by atoms with E-state index in [0.717, 1.165) is 12.1 Å². The van der Waals surface area contributed by atoms with E-state index in [2.05, 4.69) is 5.32 Å². The molecule has 3 nitrogen and oxygen atoms in total. The summed E-state index contributed by atoms with van der Waals surface area (Å²) in [6.07, 6.45) is -0.405.